The zero-order chi connectivity index (χ0) is 14.0. The molecule has 0 saturated carbocycles. The number of rotatable bonds is 4. The maximum Gasteiger partial charge on any atom is 0.339 e. The molecule has 0 fully saturated rings. The first-order valence-corrected chi connectivity index (χ1v) is 5.61. The molecule has 1 aromatic carbocycles. The fourth-order valence-electron chi connectivity index (χ4n) is 1.99. The molecule has 0 spiro atoms. The van der Waals surface area contributed by atoms with E-state index in [1.165, 1.54) is 18.1 Å². The van der Waals surface area contributed by atoms with Crippen molar-refractivity contribution in [1.82, 2.24) is 4.98 Å². The molecule has 100 valence electrons. The van der Waals surface area contributed by atoms with E-state index in [4.69, 9.17) is 5.11 Å². The lowest BCUT2D eigenvalue weighted by atomic mass is 10.1. The summed E-state index contributed by atoms with van der Waals surface area (Å²) in [5.74, 6) is -1.19. The molecule has 0 unspecified atom stereocenters. The Morgan fingerprint density at radius 1 is 1.42 bits per heavy atom. The lowest BCUT2D eigenvalue weighted by Gasteiger charge is -2.22. The normalized spacial score (nSPS) is 10.9. The van der Waals surface area contributed by atoms with Gasteiger partial charge in [-0.3, -0.25) is 4.98 Å². The van der Waals surface area contributed by atoms with Gasteiger partial charge in [0.15, 0.2) is 0 Å². The molecule has 2 rings (SSSR count). The van der Waals surface area contributed by atoms with E-state index in [9.17, 15) is 13.6 Å². The fraction of sp³-hybridized carbons (Fsp3) is 0.231. The SMILES string of the molecule is CN(CC(F)F)c1c(C(=O)O)cnc2ccccc12. The molecule has 1 N–H and O–H groups in total. The summed E-state index contributed by atoms with van der Waals surface area (Å²) < 4.78 is 25.0. The van der Waals surface area contributed by atoms with E-state index >= 15 is 0 Å². The predicted octanol–water partition coefficient (Wildman–Crippen LogP) is 2.63. The van der Waals surface area contributed by atoms with Gasteiger partial charge in [-0.2, -0.15) is 0 Å². The van der Waals surface area contributed by atoms with Gasteiger partial charge in [0.25, 0.3) is 6.43 Å². The Bertz CT molecular complexity index is 617. The number of fused-ring (bicyclic) bond motifs is 1. The minimum Gasteiger partial charge on any atom is -0.478 e. The molecule has 0 saturated heterocycles. The van der Waals surface area contributed by atoms with Crippen molar-refractivity contribution in [1.29, 1.82) is 0 Å². The number of carboxylic acids is 1. The molecule has 1 heterocycles. The van der Waals surface area contributed by atoms with E-state index in [-0.39, 0.29) is 11.3 Å². The first kappa shape index (κ1) is 13.2. The quantitative estimate of drug-likeness (QED) is 0.924. The van der Waals surface area contributed by atoms with Gasteiger partial charge >= 0.3 is 5.97 Å². The Morgan fingerprint density at radius 2 is 2.11 bits per heavy atom. The van der Waals surface area contributed by atoms with Crippen molar-refractivity contribution < 1.29 is 18.7 Å². The van der Waals surface area contributed by atoms with Gasteiger partial charge in [0, 0.05) is 18.6 Å². The maximum absolute atomic E-state index is 12.5. The van der Waals surface area contributed by atoms with Crippen LogP contribution in [0.1, 0.15) is 10.4 Å². The smallest absolute Gasteiger partial charge is 0.339 e. The van der Waals surface area contributed by atoms with Crippen LogP contribution < -0.4 is 4.90 Å². The van der Waals surface area contributed by atoms with E-state index in [2.05, 4.69) is 4.98 Å². The van der Waals surface area contributed by atoms with Crippen molar-refractivity contribution in [2.45, 2.75) is 6.43 Å². The second kappa shape index (κ2) is 5.17. The van der Waals surface area contributed by atoms with Crippen LogP contribution >= 0.6 is 0 Å². The van der Waals surface area contributed by atoms with Crippen molar-refractivity contribution >= 4 is 22.6 Å². The highest BCUT2D eigenvalue weighted by Crippen LogP contribution is 2.29. The highest BCUT2D eigenvalue weighted by Gasteiger charge is 2.19. The third-order valence-electron chi connectivity index (χ3n) is 2.77. The van der Waals surface area contributed by atoms with Gasteiger partial charge in [-0.25, -0.2) is 13.6 Å². The van der Waals surface area contributed by atoms with Crippen LogP contribution in [0.5, 0.6) is 0 Å². The molecule has 0 amide bonds. The van der Waals surface area contributed by atoms with Crippen molar-refractivity contribution in [3.8, 4) is 0 Å². The predicted molar refractivity (Wildman–Crippen MR) is 68.0 cm³/mol. The number of alkyl halides is 2. The van der Waals surface area contributed by atoms with Gasteiger partial charge in [-0.1, -0.05) is 18.2 Å². The van der Waals surface area contributed by atoms with Gasteiger partial charge in [0.1, 0.15) is 5.56 Å². The zero-order valence-corrected chi connectivity index (χ0v) is 10.2. The minimum atomic E-state index is -2.54. The average molecular weight is 266 g/mol. The summed E-state index contributed by atoms with van der Waals surface area (Å²) in [6.45, 7) is -0.533. The van der Waals surface area contributed by atoms with Crippen LogP contribution in [0.4, 0.5) is 14.5 Å². The molecule has 1 aromatic heterocycles. The third-order valence-corrected chi connectivity index (χ3v) is 2.77. The second-order valence-electron chi connectivity index (χ2n) is 4.11. The highest BCUT2D eigenvalue weighted by molar-refractivity contribution is 6.04. The number of aromatic nitrogens is 1. The summed E-state index contributed by atoms with van der Waals surface area (Å²) in [5.41, 5.74) is 0.754. The monoisotopic (exact) mass is 266 g/mol. The van der Waals surface area contributed by atoms with Crippen molar-refractivity contribution in [2.24, 2.45) is 0 Å². The number of para-hydroxylation sites is 1. The van der Waals surface area contributed by atoms with Crippen LogP contribution in [0.2, 0.25) is 0 Å². The summed E-state index contributed by atoms with van der Waals surface area (Å²) in [4.78, 5) is 16.5. The minimum absolute atomic E-state index is 0.0816. The lowest BCUT2D eigenvalue weighted by molar-refractivity contribution is 0.0696. The topological polar surface area (TPSA) is 53.4 Å². The molecular formula is C13H12F2N2O2. The molecule has 4 nitrogen and oxygen atoms in total. The standard InChI is InChI=1S/C13H12F2N2O2/c1-17(7-11(14)15)12-8-4-2-3-5-10(8)16-6-9(12)13(18)19/h2-6,11H,7H2,1H3,(H,18,19). The van der Waals surface area contributed by atoms with E-state index in [0.29, 0.717) is 10.9 Å². The summed E-state index contributed by atoms with van der Waals surface area (Å²) >= 11 is 0. The van der Waals surface area contributed by atoms with Gasteiger partial charge in [-0.05, 0) is 6.07 Å². The van der Waals surface area contributed by atoms with E-state index < -0.39 is 18.9 Å². The number of benzene rings is 1. The first-order valence-electron chi connectivity index (χ1n) is 5.61. The van der Waals surface area contributed by atoms with Crippen LogP contribution in [0, 0.1) is 0 Å². The Hall–Kier alpha value is -2.24. The van der Waals surface area contributed by atoms with Gasteiger partial charge in [0.05, 0.1) is 17.7 Å². The average Bonchev–Trinajstić information content (AvgIpc) is 2.36. The number of carbonyl (C=O) groups is 1. The second-order valence-corrected chi connectivity index (χ2v) is 4.11. The molecule has 0 bridgehead atoms. The molecule has 0 radical (unpaired) electrons. The zero-order valence-electron chi connectivity index (χ0n) is 10.2. The number of pyridine rings is 1. The Morgan fingerprint density at radius 3 is 2.74 bits per heavy atom. The van der Waals surface area contributed by atoms with Gasteiger partial charge < -0.3 is 10.0 Å². The number of hydrogen-bond acceptors (Lipinski definition) is 3. The third kappa shape index (κ3) is 2.62. The Kier molecular flexibility index (Phi) is 3.59. The van der Waals surface area contributed by atoms with E-state index in [0.717, 1.165) is 0 Å². The number of anilines is 1. The van der Waals surface area contributed by atoms with Crippen LogP contribution in [0.25, 0.3) is 10.9 Å². The maximum atomic E-state index is 12.5. The van der Waals surface area contributed by atoms with Crippen LogP contribution in [-0.2, 0) is 0 Å². The molecule has 0 atom stereocenters. The molecule has 19 heavy (non-hydrogen) atoms. The summed E-state index contributed by atoms with van der Waals surface area (Å²) in [6, 6.07) is 6.86. The Balaban J connectivity index is 2.65. The molecular weight excluding hydrogens is 254 g/mol. The van der Waals surface area contributed by atoms with Gasteiger partial charge in [0.2, 0.25) is 0 Å². The molecule has 0 aliphatic heterocycles. The number of nitrogens with zero attached hydrogens (tertiary/aromatic N) is 2. The highest BCUT2D eigenvalue weighted by atomic mass is 19.3. The molecule has 6 heteroatoms. The number of hydrogen-bond donors (Lipinski definition) is 1. The van der Waals surface area contributed by atoms with Crippen LogP contribution in [0.3, 0.4) is 0 Å². The number of aromatic carboxylic acids is 1. The largest absolute Gasteiger partial charge is 0.478 e. The fourth-order valence-corrected chi connectivity index (χ4v) is 1.99. The molecule has 0 aliphatic carbocycles. The van der Waals surface area contributed by atoms with Gasteiger partial charge in [-0.15, -0.1) is 0 Å². The summed E-state index contributed by atoms with van der Waals surface area (Å²) in [5, 5.41) is 9.70. The first-order chi connectivity index (χ1) is 9.00. The van der Waals surface area contributed by atoms with Crippen molar-refractivity contribution in [3.05, 3.63) is 36.0 Å². The summed E-state index contributed by atoms with van der Waals surface area (Å²) in [7, 11) is 1.44. The molecule has 0 aliphatic rings. The lowest BCUT2D eigenvalue weighted by Crippen LogP contribution is -2.26. The Labute approximate surface area is 108 Å². The summed E-state index contributed by atoms with van der Waals surface area (Å²) in [6.07, 6.45) is -1.35. The van der Waals surface area contributed by atoms with Crippen LogP contribution in [-0.4, -0.2) is 36.1 Å². The van der Waals surface area contributed by atoms with Crippen LogP contribution in [0.15, 0.2) is 30.5 Å². The van der Waals surface area contributed by atoms with E-state index in [1.54, 1.807) is 24.3 Å². The van der Waals surface area contributed by atoms with Crippen molar-refractivity contribution in [3.63, 3.8) is 0 Å². The molecule has 2 aromatic rings. The number of halogens is 2. The number of carboxylic acid groups (broad SMARTS) is 1. The van der Waals surface area contributed by atoms with E-state index in [1.807, 2.05) is 0 Å². The van der Waals surface area contributed by atoms with Crippen molar-refractivity contribution in [2.75, 3.05) is 18.5 Å².